The fraction of sp³-hybridized carbons (Fsp3) is 0.917. The van der Waals surface area contributed by atoms with E-state index in [-0.39, 0.29) is 11.4 Å². The molecule has 0 aromatic heterocycles. The average molecular weight is 210 g/mol. The van der Waals surface area contributed by atoms with Gasteiger partial charge in [0, 0.05) is 20.1 Å². The molecule has 2 rings (SSSR count). The first-order valence-corrected chi connectivity index (χ1v) is 5.90. The number of amides is 2. The Balaban J connectivity index is 2.06. The maximum atomic E-state index is 11.7. The number of rotatable bonds is 1. The predicted molar refractivity (Wildman–Crippen MR) is 60.6 cm³/mol. The molecule has 86 valence electrons. The van der Waals surface area contributed by atoms with E-state index in [1.807, 2.05) is 0 Å². The van der Waals surface area contributed by atoms with Crippen molar-refractivity contribution in [2.75, 3.05) is 14.1 Å². The Morgan fingerprint density at radius 1 is 1.33 bits per heavy atom. The van der Waals surface area contributed by atoms with Crippen LogP contribution in [0, 0.1) is 17.3 Å². The first-order valence-electron chi connectivity index (χ1n) is 5.90. The number of hydrogen-bond donors (Lipinski definition) is 1. The quantitative estimate of drug-likeness (QED) is 0.706. The molecule has 0 unspecified atom stereocenters. The second kappa shape index (κ2) is 3.39. The number of fused-ring (bicyclic) bond motifs is 2. The number of nitrogens with zero attached hydrogens (tertiary/aromatic N) is 1. The van der Waals surface area contributed by atoms with E-state index in [1.54, 1.807) is 19.0 Å². The van der Waals surface area contributed by atoms with Crippen molar-refractivity contribution in [2.24, 2.45) is 17.3 Å². The highest BCUT2D eigenvalue weighted by Crippen LogP contribution is 2.55. The molecule has 0 spiro atoms. The van der Waals surface area contributed by atoms with E-state index < -0.39 is 0 Å². The van der Waals surface area contributed by atoms with Crippen LogP contribution in [0.5, 0.6) is 0 Å². The Hall–Kier alpha value is -0.730. The van der Waals surface area contributed by atoms with Crippen LogP contribution in [0.3, 0.4) is 0 Å². The molecule has 0 aromatic rings. The lowest BCUT2D eigenvalue weighted by Gasteiger charge is -2.39. The van der Waals surface area contributed by atoms with Crippen molar-refractivity contribution in [2.45, 2.75) is 39.2 Å². The van der Waals surface area contributed by atoms with Gasteiger partial charge in [0.2, 0.25) is 0 Å². The van der Waals surface area contributed by atoms with Gasteiger partial charge in [0.15, 0.2) is 0 Å². The third-order valence-corrected chi connectivity index (χ3v) is 4.48. The molecule has 0 aromatic carbocycles. The lowest BCUT2D eigenvalue weighted by Crippen LogP contribution is -2.51. The SMILES string of the molecule is CN(C)C(=O)N[C@@H]1[C@@H]2CC[C@@H](C2)C1(C)C. The van der Waals surface area contributed by atoms with E-state index in [2.05, 4.69) is 19.2 Å². The molecule has 2 saturated carbocycles. The van der Waals surface area contributed by atoms with E-state index in [4.69, 9.17) is 0 Å². The summed E-state index contributed by atoms with van der Waals surface area (Å²) in [6.07, 6.45) is 3.96. The van der Waals surface area contributed by atoms with Gasteiger partial charge in [0.25, 0.3) is 0 Å². The van der Waals surface area contributed by atoms with Crippen molar-refractivity contribution in [3.8, 4) is 0 Å². The van der Waals surface area contributed by atoms with E-state index in [9.17, 15) is 4.79 Å². The Morgan fingerprint density at radius 2 is 2.00 bits per heavy atom. The summed E-state index contributed by atoms with van der Waals surface area (Å²) in [5, 5.41) is 3.19. The Morgan fingerprint density at radius 3 is 2.47 bits per heavy atom. The molecule has 2 bridgehead atoms. The van der Waals surface area contributed by atoms with Crippen LogP contribution in [0.1, 0.15) is 33.1 Å². The summed E-state index contributed by atoms with van der Waals surface area (Å²) < 4.78 is 0. The normalized spacial score (nSPS) is 36.7. The van der Waals surface area contributed by atoms with Gasteiger partial charge >= 0.3 is 6.03 Å². The van der Waals surface area contributed by atoms with Crippen LogP contribution < -0.4 is 5.32 Å². The summed E-state index contributed by atoms with van der Waals surface area (Å²) in [6, 6.07) is 0.437. The van der Waals surface area contributed by atoms with Crippen molar-refractivity contribution in [3.05, 3.63) is 0 Å². The Kier molecular flexibility index (Phi) is 2.44. The molecule has 2 fully saturated rings. The lowest BCUT2D eigenvalue weighted by atomic mass is 9.73. The summed E-state index contributed by atoms with van der Waals surface area (Å²) in [6.45, 7) is 4.61. The van der Waals surface area contributed by atoms with Gasteiger partial charge in [-0.1, -0.05) is 13.8 Å². The molecule has 0 radical (unpaired) electrons. The van der Waals surface area contributed by atoms with Crippen LogP contribution in [0.15, 0.2) is 0 Å². The summed E-state index contributed by atoms with van der Waals surface area (Å²) in [5.41, 5.74) is 0.286. The number of carbonyl (C=O) groups is 1. The number of urea groups is 1. The first-order chi connectivity index (χ1) is 6.93. The number of nitrogens with one attached hydrogen (secondary N) is 1. The van der Waals surface area contributed by atoms with Gasteiger partial charge in [-0.15, -0.1) is 0 Å². The van der Waals surface area contributed by atoms with Crippen molar-refractivity contribution < 1.29 is 4.79 Å². The van der Waals surface area contributed by atoms with Crippen molar-refractivity contribution in [1.29, 1.82) is 0 Å². The molecule has 3 heteroatoms. The zero-order valence-electron chi connectivity index (χ0n) is 10.2. The minimum Gasteiger partial charge on any atom is -0.334 e. The molecular weight excluding hydrogens is 188 g/mol. The third kappa shape index (κ3) is 1.62. The molecular formula is C12H22N2O. The molecule has 2 aliphatic carbocycles. The highest BCUT2D eigenvalue weighted by atomic mass is 16.2. The van der Waals surface area contributed by atoms with Crippen LogP contribution in [0.25, 0.3) is 0 Å². The zero-order valence-corrected chi connectivity index (χ0v) is 10.2. The van der Waals surface area contributed by atoms with Crippen LogP contribution >= 0.6 is 0 Å². The van der Waals surface area contributed by atoms with E-state index in [0.29, 0.717) is 12.0 Å². The smallest absolute Gasteiger partial charge is 0.317 e. The standard InChI is InChI=1S/C12H22N2O/c1-12(2)9-6-5-8(7-9)10(12)13-11(15)14(3)4/h8-10H,5-7H2,1-4H3,(H,13,15)/t8-,9+,10-/m1/s1. The minimum atomic E-state index is 0.0561. The van der Waals surface area contributed by atoms with Gasteiger partial charge < -0.3 is 10.2 Å². The predicted octanol–water partition coefficient (Wildman–Crippen LogP) is 2.08. The van der Waals surface area contributed by atoms with Gasteiger partial charge in [0.05, 0.1) is 0 Å². The topological polar surface area (TPSA) is 32.3 Å². The van der Waals surface area contributed by atoms with Gasteiger partial charge in [-0.25, -0.2) is 4.79 Å². The molecule has 15 heavy (non-hydrogen) atoms. The van der Waals surface area contributed by atoms with Crippen molar-refractivity contribution >= 4 is 6.03 Å². The fourth-order valence-electron chi connectivity index (χ4n) is 3.42. The number of carbonyl (C=O) groups excluding carboxylic acids is 1. The molecule has 1 N–H and O–H groups in total. The van der Waals surface area contributed by atoms with E-state index in [0.717, 1.165) is 5.92 Å². The largest absolute Gasteiger partial charge is 0.334 e. The average Bonchev–Trinajstić information content (AvgIpc) is 2.68. The highest BCUT2D eigenvalue weighted by molar-refractivity contribution is 5.74. The van der Waals surface area contributed by atoms with E-state index >= 15 is 0 Å². The van der Waals surface area contributed by atoms with Crippen LogP contribution in [-0.4, -0.2) is 31.1 Å². The maximum Gasteiger partial charge on any atom is 0.317 e. The van der Waals surface area contributed by atoms with Gasteiger partial charge in [0.1, 0.15) is 0 Å². The second-order valence-corrected chi connectivity index (χ2v) is 5.91. The molecule has 3 nitrogen and oxygen atoms in total. The van der Waals surface area contributed by atoms with Gasteiger partial charge in [-0.3, -0.25) is 0 Å². The highest BCUT2D eigenvalue weighted by Gasteiger charge is 2.53. The van der Waals surface area contributed by atoms with Gasteiger partial charge in [-0.2, -0.15) is 0 Å². The van der Waals surface area contributed by atoms with Crippen LogP contribution in [-0.2, 0) is 0 Å². The monoisotopic (exact) mass is 210 g/mol. The molecule has 2 aliphatic rings. The zero-order chi connectivity index (χ0) is 11.2. The summed E-state index contributed by atoms with van der Waals surface area (Å²) >= 11 is 0. The summed E-state index contributed by atoms with van der Waals surface area (Å²) in [5.74, 6) is 1.53. The van der Waals surface area contributed by atoms with Crippen molar-refractivity contribution in [1.82, 2.24) is 10.2 Å². The first kappa shape index (κ1) is 10.8. The Labute approximate surface area is 92.2 Å². The third-order valence-electron chi connectivity index (χ3n) is 4.48. The van der Waals surface area contributed by atoms with Crippen LogP contribution in [0.4, 0.5) is 4.79 Å². The molecule has 3 atom stereocenters. The number of hydrogen-bond acceptors (Lipinski definition) is 1. The molecule has 0 saturated heterocycles. The maximum absolute atomic E-state index is 11.7. The molecule has 0 aliphatic heterocycles. The minimum absolute atomic E-state index is 0.0561. The summed E-state index contributed by atoms with van der Waals surface area (Å²) in [4.78, 5) is 13.3. The van der Waals surface area contributed by atoms with Crippen molar-refractivity contribution in [3.63, 3.8) is 0 Å². The molecule has 2 amide bonds. The second-order valence-electron chi connectivity index (χ2n) is 5.91. The van der Waals surface area contributed by atoms with E-state index in [1.165, 1.54) is 19.3 Å². The lowest BCUT2D eigenvalue weighted by molar-refractivity contribution is 0.144. The van der Waals surface area contributed by atoms with Gasteiger partial charge in [-0.05, 0) is 36.5 Å². The Bertz CT molecular complexity index is 273. The summed E-state index contributed by atoms with van der Waals surface area (Å²) in [7, 11) is 3.60. The van der Waals surface area contributed by atoms with Crippen LogP contribution in [0.2, 0.25) is 0 Å². The fourth-order valence-corrected chi connectivity index (χ4v) is 3.42. The molecule has 0 heterocycles.